The van der Waals surface area contributed by atoms with Gasteiger partial charge in [-0.1, -0.05) is 37.3 Å². The molecule has 156 valence electrons. The Kier molecular flexibility index (Phi) is 5.97. The maximum Gasteiger partial charge on any atom is 0.222 e. The summed E-state index contributed by atoms with van der Waals surface area (Å²) in [7, 11) is 0. The molecule has 6 heteroatoms. The Balaban J connectivity index is 1.51. The van der Waals surface area contributed by atoms with Gasteiger partial charge in [0, 0.05) is 49.5 Å². The van der Waals surface area contributed by atoms with Gasteiger partial charge in [-0.2, -0.15) is 0 Å². The molecule has 1 fully saturated rings. The highest BCUT2D eigenvalue weighted by molar-refractivity contribution is 5.89. The minimum Gasteiger partial charge on any atom is -0.490 e. The second-order valence-corrected chi connectivity index (χ2v) is 7.62. The number of ether oxygens (including phenoxy) is 1. The van der Waals surface area contributed by atoms with Crippen molar-refractivity contribution >= 4 is 16.8 Å². The van der Waals surface area contributed by atoms with Crippen LogP contribution in [0, 0.1) is 0 Å². The minimum atomic E-state index is -1.12. The number of benzene rings is 2. The Hall–Kier alpha value is -2.96. The summed E-state index contributed by atoms with van der Waals surface area (Å²) in [6.07, 6.45) is 2.93. The van der Waals surface area contributed by atoms with Gasteiger partial charge in [-0.15, -0.1) is 0 Å². The Bertz CT molecular complexity index is 1030. The normalized spacial score (nSPS) is 15.9. The highest BCUT2D eigenvalue weighted by Gasteiger charge is 2.23. The van der Waals surface area contributed by atoms with Crippen molar-refractivity contribution in [1.29, 1.82) is 0 Å². The number of pyridine rings is 1. The fourth-order valence-electron chi connectivity index (χ4n) is 4.07. The molecular formula is C24H27N3O3. The van der Waals surface area contributed by atoms with Crippen LogP contribution in [0.1, 0.15) is 38.0 Å². The molecule has 4 rings (SSSR count). The number of rotatable bonds is 5. The fourth-order valence-corrected chi connectivity index (χ4v) is 4.07. The Morgan fingerprint density at radius 2 is 1.93 bits per heavy atom. The van der Waals surface area contributed by atoms with E-state index in [2.05, 4.69) is 4.98 Å². The van der Waals surface area contributed by atoms with Crippen molar-refractivity contribution in [1.82, 2.24) is 9.88 Å². The van der Waals surface area contributed by atoms with Crippen molar-refractivity contribution in [3.05, 3.63) is 60.3 Å². The summed E-state index contributed by atoms with van der Waals surface area (Å²) in [6.45, 7) is 3.39. The van der Waals surface area contributed by atoms with Crippen LogP contribution in [0.15, 0.2) is 54.7 Å². The van der Waals surface area contributed by atoms with Gasteiger partial charge in [-0.25, -0.2) is 0 Å². The lowest BCUT2D eigenvalue weighted by Gasteiger charge is -2.32. The molecule has 6 nitrogen and oxygen atoms in total. The monoisotopic (exact) mass is 405 g/mol. The van der Waals surface area contributed by atoms with Crippen molar-refractivity contribution in [2.75, 3.05) is 13.1 Å². The van der Waals surface area contributed by atoms with E-state index in [1.54, 1.807) is 6.20 Å². The third kappa shape index (κ3) is 4.15. The average molecular weight is 405 g/mol. The summed E-state index contributed by atoms with van der Waals surface area (Å²) in [5.41, 5.74) is 9.00. The fraction of sp³-hybridized carbons (Fsp3) is 0.333. The van der Waals surface area contributed by atoms with Gasteiger partial charge in [-0.3, -0.25) is 9.78 Å². The van der Waals surface area contributed by atoms with Crippen LogP contribution in [-0.4, -0.2) is 40.1 Å². The molecule has 30 heavy (non-hydrogen) atoms. The molecule has 3 N–H and O–H groups in total. The van der Waals surface area contributed by atoms with Gasteiger partial charge in [0.2, 0.25) is 5.91 Å². The minimum absolute atomic E-state index is 0.114. The molecule has 1 aromatic heterocycles. The first kappa shape index (κ1) is 20.3. The first-order valence-electron chi connectivity index (χ1n) is 10.4. The lowest BCUT2D eigenvalue weighted by Crippen LogP contribution is -2.41. The van der Waals surface area contributed by atoms with E-state index in [1.165, 1.54) is 0 Å². The van der Waals surface area contributed by atoms with Gasteiger partial charge in [0.15, 0.2) is 0 Å². The number of carbonyl (C=O) groups is 1. The molecule has 1 saturated heterocycles. The lowest BCUT2D eigenvalue weighted by molar-refractivity contribution is -0.132. The molecule has 0 saturated carbocycles. The van der Waals surface area contributed by atoms with Gasteiger partial charge in [-0.05, 0) is 29.3 Å². The van der Waals surface area contributed by atoms with Crippen LogP contribution in [0.4, 0.5) is 0 Å². The Labute approximate surface area is 176 Å². The number of fused-ring (bicyclic) bond motifs is 1. The number of hydrogen-bond acceptors (Lipinski definition) is 5. The van der Waals surface area contributed by atoms with Gasteiger partial charge in [0.25, 0.3) is 0 Å². The third-order valence-corrected chi connectivity index (χ3v) is 5.67. The number of aliphatic hydroxyl groups excluding tert-OH is 1. The zero-order chi connectivity index (χ0) is 21.1. The van der Waals surface area contributed by atoms with E-state index in [-0.39, 0.29) is 12.0 Å². The van der Waals surface area contributed by atoms with Crippen LogP contribution in [0.2, 0.25) is 0 Å². The number of hydrogen-bond donors (Lipinski definition) is 2. The highest BCUT2D eigenvalue weighted by Crippen LogP contribution is 2.33. The van der Waals surface area contributed by atoms with E-state index in [0.29, 0.717) is 17.5 Å². The second kappa shape index (κ2) is 8.81. The van der Waals surface area contributed by atoms with Crippen LogP contribution in [0.3, 0.4) is 0 Å². The molecule has 2 heterocycles. The van der Waals surface area contributed by atoms with E-state index < -0.39 is 6.23 Å². The molecule has 3 aromatic rings. The Morgan fingerprint density at radius 1 is 1.20 bits per heavy atom. The lowest BCUT2D eigenvalue weighted by atomic mass is 9.96. The smallest absolute Gasteiger partial charge is 0.222 e. The largest absolute Gasteiger partial charge is 0.490 e. The average Bonchev–Trinajstić information content (AvgIpc) is 2.78. The number of amides is 1. The standard InChI is InChI=1S/C24H27N3O3/c1-2-21(28)27-14-11-19(12-15-27)30-18-8-5-16(6-9-18)20-10-7-17-4-3-13-26-23(17)22(20)24(25)29/h3-10,13,19,24,29H,2,11-12,14-15,25H2,1H3. The highest BCUT2D eigenvalue weighted by atomic mass is 16.5. The number of piperidine rings is 1. The zero-order valence-corrected chi connectivity index (χ0v) is 17.1. The van der Waals surface area contributed by atoms with Gasteiger partial charge < -0.3 is 20.5 Å². The van der Waals surface area contributed by atoms with Gasteiger partial charge >= 0.3 is 0 Å². The maximum absolute atomic E-state index is 11.8. The molecule has 0 bridgehead atoms. The van der Waals surface area contributed by atoms with E-state index in [4.69, 9.17) is 10.5 Å². The van der Waals surface area contributed by atoms with Crippen LogP contribution in [0.5, 0.6) is 5.75 Å². The maximum atomic E-state index is 11.8. The number of carbonyl (C=O) groups excluding carboxylic acids is 1. The summed E-state index contributed by atoms with van der Waals surface area (Å²) in [5.74, 6) is 1.01. The molecular weight excluding hydrogens is 378 g/mol. The summed E-state index contributed by atoms with van der Waals surface area (Å²) >= 11 is 0. The first-order valence-corrected chi connectivity index (χ1v) is 10.4. The van der Waals surface area contributed by atoms with E-state index in [0.717, 1.165) is 48.2 Å². The molecule has 0 radical (unpaired) electrons. The van der Waals surface area contributed by atoms with Crippen molar-refractivity contribution < 1.29 is 14.6 Å². The summed E-state index contributed by atoms with van der Waals surface area (Å²) in [4.78, 5) is 18.1. The van der Waals surface area contributed by atoms with Crippen molar-refractivity contribution in [3.8, 4) is 16.9 Å². The van der Waals surface area contributed by atoms with Crippen molar-refractivity contribution in [2.45, 2.75) is 38.5 Å². The molecule has 1 aliphatic heterocycles. The van der Waals surface area contributed by atoms with Crippen molar-refractivity contribution in [2.24, 2.45) is 5.73 Å². The summed E-state index contributed by atoms with van der Waals surface area (Å²) < 4.78 is 6.13. The predicted molar refractivity (Wildman–Crippen MR) is 117 cm³/mol. The molecule has 0 aliphatic carbocycles. The topological polar surface area (TPSA) is 88.7 Å². The van der Waals surface area contributed by atoms with Crippen LogP contribution >= 0.6 is 0 Å². The molecule has 1 atom stereocenters. The van der Waals surface area contributed by atoms with Crippen LogP contribution in [0.25, 0.3) is 22.0 Å². The molecule has 2 aromatic carbocycles. The van der Waals surface area contributed by atoms with E-state index in [1.807, 2.05) is 60.4 Å². The third-order valence-electron chi connectivity index (χ3n) is 5.67. The van der Waals surface area contributed by atoms with Gasteiger partial charge in [0.05, 0.1) is 5.52 Å². The molecule has 1 amide bonds. The van der Waals surface area contributed by atoms with Crippen LogP contribution < -0.4 is 10.5 Å². The number of nitrogens with zero attached hydrogens (tertiary/aromatic N) is 2. The van der Waals surface area contributed by atoms with E-state index in [9.17, 15) is 9.90 Å². The summed E-state index contributed by atoms with van der Waals surface area (Å²) in [6, 6.07) is 15.6. The number of aliphatic hydroxyl groups is 1. The Morgan fingerprint density at radius 3 is 2.60 bits per heavy atom. The number of nitrogens with two attached hydrogens (primary N) is 1. The number of aromatic nitrogens is 1. The summed E-state index contributed by atoms with van der Waals surface area (Å²) in [5, 5.41) is 11.1. The van der Waals surface area contributed by atoms with Crippen LogP contribution in [-0.2, 0) is 4.79 Å². The zero-order valence-electron chi connectivity index (χ0n) is 17.1. The van der Waals surface area contributed by atoms with E-state index >= 15 is 0 Å². The quantitative estimate of drug-likeness (QED) is 0.633. The first-order chi connectivity index (χ1) is 14.6. The van der Waals surface area contributed by atoms with Gasteiger partial charge in [0.1, 0.15) is 18.1 Å². The SMILES string of the molecule is CCC(=O)N1CCC(Oc2ccc(-c3ccc4cccnc4c3C(N)O)cc2)CC1. The second-order valence-electron chi connectivity index (χ2n) is 7.62. The predicted octanol–water partition coefficient (Wildman–Crippen LogP) is 3.63. The molecule has 1 unspecified atom stereocenters. The van der Waals surface area contributed by atoms with Crippen molar-refractivity contribution in [3.63, 3.8) is 0 Å². The number of likely N-dealkylation sites (tertiary alicyclic amines) is 1. The molecule has 1 aliphatic rings. The molecule has 0 spiro atoms.